The minimum Gasteiger partial charge on any atom is -0.406 e. The molecule has 0 amide bonds. The van der Waals surface area contributed by atoms with E-state index in [0.717, 1.165) is 13.1 Å². The highest BCUT2D eigenvalue weighted by Gasteiger charge is 2.51. The van der Waals surface area contributed by atoms with Gasteiger partial charge in [-0.05, 0) is 21.0 Å². The highest BCUT2D eigenvalue weighted by molar-refractivity contribution is 6.99. The molecule has 1 heterocycles. The molecule has 1 aliphatic rings. The fourth-order valence-electron chi connectivity index (χ4n) is 4.86. The normalized spacial score (nSPS) is 19.7. The second kappa shape index (κ2) is 9.09. The molecule has 162 valence electrons. The van der Waals surface area contributed by atoms with Crippen molar-refractivity contribution in [2.75, 3.05) is 13.2 Å². The molecule has 0 aliphatic carbocycles. The van der Waals surface area contributed by atoms with Crippen LogP contribution >= 0.6 is 0 Å². The zero-order chi connectivity index (χ0) is 21.9. The Kier molecular flexibility index (Phi) is 6.44. The van der Waals surface area contributed by atoms with E-state index in [4.69, 9.17) is 10.2 Å². The first-order valence-electron chi connectivity index (χ1n) is 11.2. The Bertz CT molecular complexity index is 917. The monoisotopic (exact) mass is 430 g/mol. The predicted octanol–water partition coefficient (Wildman–Crippen LogP) is 3.77. The van der Waals surface area contributed by atoms with E-state index in [9.17, 15) is 0 Å². The fraction of sp³-hybridized carbons (Fsp3) is 0.333. The Morgan fingerprint density at radius 3 is 1.77 bits per heavy atom. The van der Waals surface area contributed by atoms with Gasteiger partial charge in [-0.1, -0.05) is 112 Å². The van der Waals surface area contributed by atoms with Crippen LogP contribution in [0.2, 0.25) is 5.04 Å². The van der Waals surface area contributed by atoms with E-state index >= 15 is 0 Å². The molecule has 4 heteroatoms. The van der Waals surface area contributed by atoms with Crippen LogP contribution in [0.4, 0.5) is 0 Å². The van der Waals surface area contributed by atoms with Crippen LogP contribution in [0, 0.1) is 0 Å². The first kappa shape index (κ1) is 22.0. The van der Waals surface area contributed by atoms with Crippen molar-refractivity contribution in [1.82, 2.24) is 4.90 Å². The van der Waals surface area contributed by atoms with Gasteiger partial charge in [-0.15, -0.1) is 0 Å². The number of hydrogen-bond donors (Lipinski definition) is 1. The topological polar surface area (TPSA) is 38.5 Å². The van der Waals surface area contributed by atoms with Gasteiger partial charge in [0.25, 0.3) is 8.32 Å². The molecule has 0 saturated carbocycles. The van der Waals surface area contributed by atoms with E-state index in [-0.39, 0.29) is 17.1 Å². The smallest absolute Gasteiger partial charge is 0.261 e. The van der Waals surface area contributed by atoms with E-state index in [2.05, 4.69) is 117 Å². The van der Waals surface area contributed by atoms with E-state index < -0.39 is 8.32 Å². The summed E-state index contributed by atoms with van der Waals surface area (Å²) >= 11 is 0. The summed E-state index contributed by atoms with van der Waals surface area (Å²) in [5.41, 5.74) is 7.80. The molecule has 0 bridgehead atoms. The van der Waals surface area contributed by atoms with Crippen LogP contribution in [-0.4, -0.2) is 38.5 Å². The van der Waals surface area contributed by atoms with E-state index in [1.807, 2.05) is 0 Å². The van der Waals surface area contributed by atoms with E-state index in [1.165, 1.54) is 15.9 Å². The minimum atomic E-state index is -2.53. The number of likely N-dealkylation sites (tertiary alicyclic amines) is 1. The summed E-state index contributed by atoms with van der Waals surface area (Å²) < 4.78 is 7.13. The molecule has 3 nitrogen and oxygen atoms in total. The highest BCUT2D eigenvalue weighted by atomic mass is 28.4. The van der Waals surface area contributed by atoms with Crippen molar-refractivity contribution in [2.45, 2.75) is 44.4 Å². The van der Waals surface area contributed by atoms with E-state index in [0.29, 0.717) is 6.61 Å². The Labute approximate surface area is 188 Å². The molecule has 1 fully saturated rings. The average molecular weight is 431 g/mol. The molecule has 4 rings (SSSR count). The van der Waals surface area contributed by atoms with Crippen molar-refractivity contribution >= 4 is 18.7 Å². The summed E-state index contributed by atoms with van der Waals surface area (Å²) in [5.74, 6) is 0. The summed E-state index contributed by atoms with van der Waals surface area (Å²) in [4.78, 5) is 2.46. The second-order valence-corrected chi connectivity index (χ2v) is 13.9. The molecule has 0 unspecified atom stereocenters. The lowest BCUT2D eigenvalue weighted by atomic mass is 9.97. The van der Waals surface area contributed by atoms with Crippen molar-refractivity contribution in [3.8, 4) is 0 Å². The third-order valence-electron chi connectivity index (χ3n) is 6.52. The summed E-state index contributed by atoms with van der Waals surface area (Å²) in [6.07, 6.45) is 0. The van der Waals surface area contributed by atoms with Crippen molar-refractivity contribution in [3.05, 3.63) is 96.6 Å². The first-order valence-corrected chi connectivity index (χ1v) is 13.1. The summed E-state index contributed by atoms with van der Waals surface area (Å²) in [5, 5.41) is 2.61. The van der Waals surface area contributed by atoms with Crippen LogP contribution in [0.5, 0.6) is 0 Å². The van der Waals surface area contributed by atoms with Crippen LogP contribution in [0.25, 0.3) is 0 Å². The Morgan fingerprint density at radius 2 is 1.32 bits per heavy atom. The van der Waals surface area contributed by atoms with Gasteiger partial charge < -0.3 is 10.2 Å². The highest BCUT2D eigenvalue weighted by Crippen LogP contribution is 2.37. The van der Waals surface area contributed by atoms with Gasteiger partial charge in [-0.3, -0.25) is 4.90 Å². The van der Waals surface area contributed by atoms with Crippen LogP contribution < -0.4 is 16.1 Å². The van der Waals surface area contributed by atoms with E-state index in [1.54, 1.807) is 0 Å². The number of hydrogen-bond acceptors (Lipinski definition) is 3. The second-order valence-electron chi connectivity index (χ2n) is 9.62. The molecule has 3 aromatic carbocycles. The Balaban J connectivity index is 1.64. The largest absolute Gasteiger partial charge is 0.406 e. The zero-order valence-electron chi connectivity index (χ0n) is 18.9. The van der Waals surface area contributed by atoms with Gasteiger partial charge in [0.1, 0.15) is 0 Å². The molecule has 2 atom stereocenters. The molecule has 1 aliphatic heterocycles. The van der Waals surface area contributed by atoms with Gasteiger partial charge in [0.15, 0.2) is 0 Å². The zero-order valence-corrected chi connectivity index (χ0v) is 19.9. The molecule has 0 aromatic heterocycles. The number of benzene rings is 3. The quantitative estimate of drug-likeness (QED) is 0.580. The fourth-order valence-corrected chi connectivity index (χ4v) is 9.44. The molecule has 1 saturated heterocycles. The van der Waals surface area contributed by atoms with Crippen LogP contribution in [0.15, 0.2) is 91.0 Å². The molecular formula is C27H34N2OSi. The van der Waals surface area contributed by atoms with Gasteiger partial charge in [-0.25, -0.2) is 0 Å². The van der Waals surface area contributed by atoms with Gasteiger partial charge in [0.05, 0.1) is 6.61 Å². The molecule has 31 heavy (non-hydrogen) atoms. The lowest BCUT2D eigenvalue weighted by Gasteiger charge is -2.49. The molecule has 2 N–H and O–H groups in total. The summed E-state index contributed by atoms with van der Waals surface area (Å²) in [7, 11) is -2.53. The Morgan fingerprint density at radius 1 is 0.839 bits per heavy atom. The first-order chi connectivity index (χ1) is 14.9. The maximum absolute atomic E-state index is 7.13. The summed E-state index contributed by atoms with van der Waals surface area (Å²) in [6.45, 7) is 9.46. The molecule has 0 radical (unpaired) electrons. The number of rotatable bonds is 7. The predicted molar refractivity (Wildman–Crippen MR) is 132 cm³/mol. The SMILES string of the molecule is CC(C)(C)[Si](OC[C@@H]1[C@H](N)CN1Cc1ccccc1)(c1ccccc1)c1ccccc1. The third-order valence-corrected chi connectivity index (χ3v) is 11.5. The summed E-state index contributed by atoms with van der Waals surface area (Å²) in [6, 6.07) is 32.7. The molecule has 0 spiro atoms. The van der Waals surface area contributed by atoms with Crippen LogP contribution in [0.1, 0.15) is 26.3 Å². The average Bonchev–Trinajstić information content (AvgIpc) is 2.77. The molecule has 3 aromatic rings. The lowest BCUT2D eigenvalue weighted by Crippen LogP contribution is -2.70. The standard InChI is InChI=1S/C27H34N2OSi/c1-27(2,3)31(23-15-9-5-10-16-23,24-17-11-6-12-18-24)30-21-26-25(28)20-29(26)19-22-13-7-4-8-14-22/h4-18,25-26H,19-21,28H2,1-3H3/t25-,26-/m1/s1. The van der Waals surface area contributed by atoms with Crippen LogP contribution in [0.3, 0.4) is 0 Å². The van der Waals surface area contributed by atoms with Gasteiger partial charge in [-0.2, -0.15) is 0 Å². The van der Waals surface area contributed by atoms with Crippen LogP contribution in [-0.2, 0) is 11.0 Å². The van der Waals surface area contributed by atoms with Gasteiger partial charge in [0, 0.05) is 25.2 Å². The van der Waals surface area contributed by atoms with Gasteiger partial charge >= 0.3 is 0 Å². The van der Waals surface area contributed by atoms with Crippen molar-refractivity contribution in [2.24, 2.45) is 5.73 Å². The van der Waals surface area contributed by atoms with Crippen molar-refractivity contribution < 1.29 is 4.43 Å². The van der Waals surface area contributed by atoms with Crippen molar-refractivity contribution in [3.63, 3.8) is 0 Å². The van der Waals surface area contributed by atoms with Gasteiger partial charge in [0.2, 0.25) is 0 Å². The van der Waals surface area contributed by atoms with Crippen molar-refractivity contribution in [1.29, 1.82) is 0 Å². The lowest BCUT2D eigenvalue weighted by molar-refractivity contribution is 0.0184. The third kappa shape index (κ3) is 4.39. The molecular weight excluding hydrogens is 396 g/mol. The maximum Gasteiger partial charge on any atom is 0.261 e. The number of nitrogens with two attached hydrogens (primary N) is 1. The number of nitrogens with zero attached hydrogens (tertiary/aromatic N) is 1. The Hall–Kier alpha value is -2.24. The maximum atomic E-state index is 7.13. The minimum absolute atomic E-state index is 0.0200.